The first kappa shape index (κ1) is 19.0. The van der Waals surface area contributed by atoms with E-state index < -0.39 is 0 Å². The van der Waals surface area contributed by atoms with Crippen molar-refractivity contribution < 1.29 is 14.0 Å². The summed E-state index contributed by atoms with van der Waals surface area (Å²) in [5.74, 6) is -0.745. The number of aromatic nitrogens is 2. The van der Waals surface area contributed by atoms with Crippen molar-refractivity contribution in [1.82, 2.24) is 20.0 Å². The van der Waals surface area contributed by atoms with Gasteiger partial charge in [-0.25, -0.2) is 4.39 Å². The van der Waals surface area contributed by atoms with Crippen molar-refractivity contribution in [2.75, 3.05) is 13.1 Å². The van der Waals surface area contributed by atoms with Gasteiger partial charge in [0.2, 0.25) is 5.91 Å². The minimum Gasteiger partial charge on any atom is -0.350 e. The van der Waals surface area contributed by atoms with Gasteiger partial charge in [-0.2, -0.15) is 5.10 Å². The smallest absolute Gasteiger partial charge is 0.264 e. The molecule has 6 nitrogen and oxygen atoms in total. The molecule has 0 unspecified atom stereocenters. The monoisotopic (exact) mass is 388 g/mol. The van der Waals surface area contributed by atoms with Crippen LogP contribution in [0.2, 0.25) is 0 Å². The molecule has 3 aromatic rings. The molecule has 142 valence electrons. The number of thiophene rings is 1. The lowest BCUT2D eigenvalue weighted by Crippen LogP contribution is -2.40. The van der Waals surface area contributed by atoms with E-state index in [1.165, 1.54) is 28.4 Å². The number of aryl methyl sites for hydroxylation is 2. The zero-order valence-corrected chi connectivity index (χ0v) is 16.3. The number of hydrogen-bond acceptors (Lipinski definition) is 4. The molecule has 0 atom stereocenters. The summed E-state index contributed by atoms with van der Waals surface area (Å²) in [6.45, 7) is 4.43. The summed E-state index contributed by atoms with van der Waals surface area (Å²) in [6.07, 6.45) is 0. The van der Waals surface area contributed by atoms with E-state index in [9.17, 15) is 14.0 Å². The van der Waals surface area contributed by atoms with Gasteiger partial charge in [0.25, 0.3) is 5.91 Å². The lowest BCUT2D eigenvalue weighted by Gasteiger charge is -2.19. The van der Waals surface area contributed by atoms with Crippen LogP contribution in [0.25, 0.3) is 10.2 Å². The lowest BCUT2D eigenvalue weighted by molar-refractivity contribution is -0.121. The highest BCUT2D eigenvalue weighted by Gasteiger charge is 2.21. The van der Waals surface area contributed by atoms with Gasteiger partial charge in [-0.3, -0.25) is 14.3 Å². The number of nitrogens with one attached hydrogen (secondary N) is 1. The third kappa shape index (κ3) is 4.16. The Balaban J connectivity index is 1.64. The number of carbonyl (C=O) groups excluding carboxylic acids is 2. The molecule has 0 aliphatic heterocycles. The average molecular weight is 388 g/mol. The van der Waals surface area contributed by atoms with E-state index in [-0.39, 0.29) is 24.2 Å². The molecule has 0 aliphatic carbocycles. The number of hydrogen-bond donors (Lipinski definition) is 1. The normalized spacial score (nSPS) is 11.0. The fourth-order valence-corrected chi connectivity index (χ4v) is 3.92. The van der Waals surface area contributed by atoms with Crippen LogP contribution in [0.4, 0.5) is 4.39 Å². The molecule has 2 amide bonds. The molecular formula is C19H21FN4O2S. The summed E-state index contributed by atoms with van der Waals surface area (Å²) in [5.41, 5.74) is 1.68. The van der Waals surface area contributed by atoms with Gasteiger partial charge in [0.15, 0.2) is 0 Å². The van der Waals surface area contributed by atoms with E-state index in [2.05, 4.69) is 10.4 Å². The lowest BCUT2D eigenvalue weighted by atomic mass is 10.2. The summed E-state index contributed by atoms with van der Waals surface area (Å²) in [7, 11) is 1.85. The van der Waals surface area contributed by atoms with Gasteiger partial charge in [-0.05, 0) is 37.6 Å². The molecule has 1 aromatic carbocycles. The Labute approximate surface area is 160 Å². The van der Waals surface area contributed by atoms with Crippen LogP contribution < -0.4 is 5.32 Å². The Hall–Kier alpha value is -2.74. The van der Waals surface area contributed by atoms with Crippen molar-refractivity contribution in [2.45, 2.75) is 20.4 Å². The molecule has 0 aliphatic rings. The number of halogens is 1. The van der Waals surface area contributed by atoms with Gasteiger partial charge in [0, 0.05) is 25.5 Å². The second kappa shape index (κ2) is 7.87. The summed E-state index contributed by atoms with van der Waals surface area (Å²) in [5, 5.41) is 8.06. The van der Waals surface area contributed by atoms with Crippen molar-refractivity contribution in [2.24, 2.45) is 7.05 Å². The van der Waals surface area contributed by atoms with Crippen LogP contribution >= 0.6 is 11.3 Å². The molecule has 27 heavy (non-hydrogen) atoms. The van der Waals surface area contributed by atoms with Crippen LogP contribution in [-0.2, 0) is 18.4 Å². The molecule has 3 rings (SSSR count). The van der Waals surface area contributed by atoms with Crippen LogP contribution in [-0.4, -0.2) is 39.6 Å². The fraction of sp³-hybridized carbons (Fsp3) is 0.316. The van der Waals surface area contributed by atoms with Crippen LogP contribution in [0, 0.1) is 12.7 Å². The van der Waals surface area contributed by atoms with Crippen molar-refractivity contribution in [3.8, 4) is 0 Å². The predicted octanol–water partition coefficient (Wildman–Crippen LogP) is 2.86. The van der Waals surface area contributed by atoms with Gasteiger partial charge in [0.05, 0.1) is 17.1 Å². The average Bonchev–Trinajstić information content (AvgIpc) is 3.20. The van der Waals surface area contributed by atoms with Gasteiger partial charge in [-0.15, -0.1) is 11.3 Å². The first-order valence-corrected chi connectivity index (χ1v) is 9.44. The SMILES string of the molecule is CCN(CC(=O)NCc1ccc(F)cc1)C(=O)c1cc2c(C)nn(C)c2s1. The summed E-state index contributed by atoms with van der Waals surface area (Å²) in [6, 6.07) is 7.77. The molecule has 0 bridgehead atoms. The fourth-order valence-electron chi connectivity index (χ4n) is 2.83. The largest absolute Gasteiger partial charge is 0.350 e. The zero-order valence-electron chi connectivity index (χ0n) is 15.5. The van der Waals surface area contributed by atoms with E-state index in [1.807, 2.05) is 27.0 Å². The Morgan fingerprint density at radius 1 is 1.30 bits per heavy atom. The first-order chi connectivity index (χ1) is 12.9. The van der Waals surface area contributed by atoms with E-state index in [4.69, 9.17) is 0 Å². The van der Waals surface area contributed by atoms with Gasteiger partial charge >= 0.3 is 0 Å². The van der Waals surface area contributed by atoms with Crippen LogP contribution in [0.1, 0.15) is 27.9 Å². The zero-order chi connectivity index (χ0) is 19.6. The maximum atomic E-state index is 12.9. The van der Waals surface area contributed by atoms with Gasteiger partial charge in [-0.1, -0.05) is 12.1 Å². The van der Waals surface area contributed by atoms with Crippen LogP contribution in [0.3, 0.4) is 0 Å². The van der Waals surface area contributed by atoms with Crippen molar-refractivity contribution in [3.05, 3.63) is 52.3 Å². The molecule has 8 heteroatoms. The molecule has 2 heterocycles. The van der Waals surface area contributed by atoms with E-state index in [0.29, 0.717) is 18.0 Å². The first-order valence-electron chi connectivity index (χ1n) is 8.62. The highest BCUT2D eigenvalue weighted by atomic mass is 32.1. The second-order valence-electron chi connectivity index (χ2n) is 6.26. The number of rotatable bonds is 6. The second-order valence-corrected chi connectivity index (χ2v) is 7.29. The van der Waals surface area contributed by atoms with Crippen LogP contribution in [0.5, 0.6) is 0 Å². The molecule has 0 fully saturated rings. The maximum absolute atomic E-state index is 12.9. The number of likely N-dealkylation sites (N-methyl/N-ethyl adjacent to an activating group) is 1. The third-order valence-corrected chi connectivity index (χ3v) is 5.50. The standard InChI is InChI=1S/C19H21FN4O2S/c1-4-24(11-17(25)21-10-13-5-7-14(20)8-6-13)18(26)16-9-15-12(2)22-23(3)19(15)27-16/h5-9H,4,10-11H2,1-3H3,(H,21,25). The van der Waals surface area contributed by atoms with Crippen molar-refractivity contribution >= 4 is 33.4 Å². The summed E-state index contributed by atoms with van der Waals surface area (Å²) in [4.78, 5) is 28.1. The number of carbonyl (C=O) groups is 2. The number of amides is 2. The third-order valence-electron chi connectivity index (χ3n) is 4.31. The van der Waals surface area contributed by atoms with Crippen molar-refractivity contribution in [1.29, 1.82) is 0 Å². The summed E-state index contributed by atoms with van der Waals surface area (Å²) >= 11 is 1.38. The van der Waals surface area contributed by atoms with E-state index >= 15 is 0 Å². The number of benzene rings is 1. The minimum absolute atomic E-state index is 0.0258. The number of fused-ring (bicyclic) bond motifs is 1. The Kier molecular flexibility index (Phi) is 5.55. The van der Waals surface area contributed by atoms with E-state index in [0.717, 1.165) is 21.5 Å². The molecule has 0 spiro atoms. The molecular weight excluding hydrogens is 367 g/mol. The Bertz CT molecular complexity index is 943. The summed E-state index contributed by atoms with van der Waals surface area (Å²) < 4.78 is 14.7. The highest BCUT2D eigenvalue weighted by Crippen LogP contribution is 2.28. The van der Waals surface area contributed by atoms with Crippen molar-refractivity contribution in [3.63, 3.8) is 0 Å². The predicted molar refractivity (Wildman–Crippen MR) is 103 cm³/mol. The Morgan fingerprint density at radius 3 is 2.63 bits per heavy atom. The molecule has 0 radical (unpaired) electrons. The number of nitrogens with zero attached hydrogens (tertiary/aromatic N) is 3. The highest BCUT2D eigenvalue weighted by molar-refractivity contribution is 7.20. The minimum atomic E-state index is -0.318. The quantitative estimate of drug-likeness (QED) is 0.706. The molecule has 1 N–H and O–H groups in total. The molecule has 0 saturated heterocycles. The van der Waals surface area contributed by atoms with Crippen LogP contribution in [0.15, 0.2) is 30.3 Å². The Morgan fingerprint density at radius 2 is 2.00 bits per heavy atom. The van der Waals surface area contributed by atoms with Gasteiger partial charge in [0.1, 0.15) is 10.6 Å². The molecule has 2 aromatic heterocycles. The van der Waals surface area contributed by atoms with E-state index in [1.54, 1.807) is 16.8 Å². The molecule has 0 saturated carbocycles. The topological polar surface area (TPSA) is 67.2 Å². The maximum Gasteiger partial charge on any atom is 0.264 e. The van der Waals surface area contributed by atoms with Gasteiger partial charge < -0.3 is 10.2 Å².